The van der Waals surface area contributed by atoms with E-state index in [9.17, 15) is 13.6 Å². The lowest BCUT2D eigenvalue weighted by Crippen LogP contribution is -2.33. The number of para-hydroxylation sites is 1. The van der Waals surface area contributed by atoms with E-state index in [0.717, 1.165) is 5.39 Å². The van der Waals surface area contributed by atoms with Crippen LogP contribution in [0.1, 0.15) is 5.69 Å². The van der Waals surface area contributed by atoms with Crippen LogP contribution in [0, 0.1) is 5.21 Å². The number of fused-ring (bicyclic) bond motifs is 1. The van der Waals surface area contributed by atoms with Crippen LogP contribution in [-0.4, -0.2) is 14.6 Å². The number of hydrogen-bond acceptors (Lipinski definition) is 4. The molecular weight excluding hydrogens is 314 g/mol. The number of hydrazone groups is 1. The van der Waals surface area contributed by atoms with Crippen molar-refractivity contribution in [3.8, 4) is 0 Å². The summed E-state index contributed by atoms with van der Waals surface area (Å²) in [6.07, 6.45) is 1.18. The molecule has 0 fully saturated rings. The molecular formula is C16H13N3O3S. The van der Waals surface area contributed by atoms with E-state index in [-0.39, 0.29) is 10.6 Å². The number of hydrogen-bond donors (Lipinski definition) is 1. The van der Waals surface area contributed by atoms with Crippen molar-refractivity contribution < 1.29 is 13.1 Å². The lowest BCUT2D eigenvalue weighted by atomic mass is 10.2. The van der Waals surface area contributed by atoms with Crippen LogP contribution in [0.5, 0.6) is 0 Å². The third-order valence-electron chi connectivity index (χ3n) is 3.25. The number of nitrogens with one attached hydrogen (secondary N) is 1. The number of nitrogens with zero attached hydrogens (tertiary/aromatic N) is 2. The highest BCUT2D eigenvalue weighted by Gasteiger charge is 2.12. The number of rotatable bonds is 4. The summed E-state index contributed by atoms with van der Waals surface area (Å²) in [7, 11) is -3.74. The van der Waals surface area contributed by atoms with Gasteiger partial charge in [-0.05, 0) is 24.3 Å². The summed E-state index contributed by atoms with van der Waals surface area (Å²) >= 11 is 0. The molecule has 6 nitrogen and oxygen atoms in total. The van der Waals surface area contributed by atoms with Gasteiger partial charge in [0.2, 0.25) is 11.2 Å². The Hall–Kier alpha value is -2.93. The molecule has 0 bridgehead atoms. The number of aromatic nitrogens is 1. The quantitative estimate of drug-likeness (QED) is 0.343. The molecule has 1 N–H and O–H groups in total. The van der Waals surface area contributed by atoms with Gasteiger partial charge < -0.3 is 5.21 Å². The van der Waals surface area contributed by atoms with Crippen molar-refractivity contribution in [2.75, 3.05) is 0 Å². The molecule has 0 atom stereocenters. The number of sulfonamides is 1. The highest BCUT2D eigenvalue weighted by atomic mass is 32.2. The zero-order chi connectivity index (χ0) is 16.3. The second kappa shape index (κ2) is 6.05. The minimum Gasteiger partial charge on any atom is -0.618 e. The van der Waals surface area contributed by atoms with Crippen LogP contribution < -0.4 is 9.56 Å². The van der Waals surface area contributed by atoms with E-state index in [2.05, 4.69) is 9.93 Å². The predicted molar refractivity (Wildman–Crippen MR) is 87.3 cm³/mol. The summed E-state index contributed by atoms with van der Waals surface area (Å²) in [5.41, 5.74) is 0.724. The Morgan fingerprint density at radius 1 is 0.957 bits per heavy atom. The molecule has 0 spiro atoms. The summed E-state index contributed by atoms with van der Waals surface area (Å²) in [5, 5.41) is 16.7. The molecule has 0 radical (unpaired) electrons. The van der Waals surface area contributed by atoms with Gasteiger partial charge in [0.15, 0.2) is 0 Å². The van der Waals surface area contributed by atoms with Gasteiger partial charge in [-0.25, -0.2) is 0 Å². The van der Waals surface area contributed by atoms with Crippen LogP contribution >= 0.6 is 0 Å². The molecule has 116 valence electrons. The molecule has 0 amide bonds. The van der Waals surface area contributed by atoms with Gasteiger partial charge in [0, 0.05) is 17.5 Å². The monoisotopic (exact) mass is 327 g/mol. The van der Waals surface area contributed by atoms with Crippen molar-refractivity contribution in [2.45, 2.75) is 4.90 Å². The van der Waals surface area contributed by atoms with E-state index >= 15 is 0 Å². The second-order valence-electron chi connectivity index (χ2n) is 4.78. The Balaban J connectivity index is 1.85. The Morgan fingerprint density at radius 3 is 2.43 bits per heavy atom. The van der Waals surface area contributed by atoms with Crippen LogP contribution in [0.2, 0.25) is 0 Å². The molecule has 2 aromatic carbocycles. The average Bonchev–Trinajstić information content (AvgIpc) is 2.58. The number of benzene rings is 2. The molecule has 0 unspecified atom stereocenters. The fourth-order valence-corrected chi connectivity index (χ4v) is 2.92. The summed E-state index contributed by atoms with van der Waals surface area (Å²) in [6.45, 7) is 0. The minimum absolute atomic E-state index is 0.102. The zero-order valence-corrected chi connectivity index (χ0v) is 12.8. The Labute approximate surface area is 133 Å². The van der Waals surface area contributed by atoms with E-state index in [1.807, 2.05) is 12.1 Å². The van der Waals surface area contributed by atoms with Crippen molar-refractivity contribution in [1.82, 2.24) is 4.83 Å². The van der Waals surface area contributed by atoms with Gasteiger partial charge in [0.05, 0.1) is 4.90 Å². The molecule has 0 saturated carbocycles. The standard InChI is InChI=1S/C16H13N3O3S/c20-19-14(11-10-13-6-4-5-9-16(13)19)12-17-18-23(21,22)15-7-2-1-3-8-15/h1-12,18H. The van der Waals surface area contributed by atoms with Crippen LogP contribution in [0.15, 0.2) is 76.7 Å². The largest absolute Gasteiger partial charge is 0.618 e. The molecule has 1 heterocycles. The van der Waals surface area contributed by atoms with E-state index < -0.39 is 10.0 Å². The van der Waals surface area contributed by atoms with Crippen LogP contribution in [-0.2, 0) is 10.0 Å². The molecule has 0 aliphatic carbocycles. The smallest absolute Gasteiger partial charge is 0.276 e. The van der Waals surface area contributed by atoms with Gasteiger partial charge in [-0.15, -0.1) is 0 Å². The Bertz CT molecular complexity index is 970. The van der Waals surface area contributed by atoms with E-state index in [1.54, 1.807) is 42.5 Å². The van der Waals surface area contributed by atoms with Gasteiger partial charge in [0.25, 0.3) is 10.0 Å². The first-order valence-corrected chi connectivity index (χ1v) is 8.27. The van der Waals surface area contributed by atoms with Crippen molar-refractivity contribution in [3.63, 3.8) is 0 Å². The highest BCUT2D eigenvalue weighted by Crippen LogP contribution is 2.09. The lowest BCUT2D eigenvalue weighted by molar-refractivity contribution is -0.578. The zero-order valence-electron chi connectivity index (χ0n) is 12.0. The topological polar surface area (TPSA) is 85.5 Å². The van der Waals surface area contributed by atoms with E-state index in [1.165, 1.54) is 18.3 Å². The van der Waals surface area contributed by atoms with Gasteiger partial charge in [-0.3, -0.25) is 0 Å². The fourth-order valence-electron chi connectivity index (χ4n) is 2.11. The second-order valence-corrected chi connectivity index (χ2v) is 6.44. The molecule has 1 aromatic heterocycles. The lowest BCUT2D eigenvalue weighted by Gasteiger charge is -2.05. The third kappa shape index (κ3) is 3.14. The first-order valence-electron chi connectivity index (χ1n) is 6.79. The molecule has 3 aromatic rings. The predicted octanol–water partition coefficient (Wildman–Crippen LogP) is 1.79. The summed E-state index contributed by atoms with van der Waals surface area (Å²) in [4.78, 5) is 2.19. The van der Waals surface area contributed by atoms with Gasteiger partial charge in [0.1, 0.15) is 6.21 Å². The van der Waals surface area contributed by atoms with Crippen LogP contribution in [0.3, 0.4) is 0 Å². The SMILES string of the molecule is O=S(=O)(NN=Cc1ccc2ccccc2[n+]1[O-])c1ccccc1. The van der Waals surface area contributed by atoms with Crippen molar-refractivity contribution in [2.24, 2.45) is 5.10 Å². The van der Waals surface area contributed by atoms with Gasteiger partial charge in [-0.1, -0.05) is 30.3 Å². The maximum absolute atomic E-state index is 12.2. The molecule has 0 aliphatic heterocycles. The van der Waals surface area contributed by atoms with E-state index in [0.29, 0.717) is 10.2 Å². The maximum atomic E-state index is 12.2. The van der Waals surface area contributed by atoms with E-state index in [4.69, 9.17) is 0 Å². The summed E-state index contributed by atoms with van der Waals surface area (Å²) < 4.78 is 24.7. The minimum atomic E-state index is -3.74. The normalized spacial score (nSPS) is 11.8. The van der Waals surface area contributed by atoms with Crippen molar-refractivity contribution >= 4 is 27.1 Å². The third-order valence-corrected chi connectivity index (χ3v) is 4.49. The average molecular weight is 327 g/mol. The van der Waals surface area contributed by atoms with Crippen LogP contribution in [0.25, 0.3) is 10.9 Å². The highest BCUT2D eigenvalue weighted by molar-refractivity contribution is 7.89. The molecule has 23 heavy (non-hydrogen) atoms. The first-order chi connectivity index (χ1) is 11.1. The van der Waals surface area contributed by atoms with Crippen molar-refractivity contribution in [1.29, 1.82) is 0 Å². The molecule has 3 rings (SSSR count). The molecule has 7 heteroatoms. The molecule has 0 aliphatic rings. The summed E-state index contributed by atoms with van der Waals surface area (Å²) in [6, 6.07) is 18.3. The number of pyridine rings is 1. The van der Waals surface area contributed by atoms with Crippen molar-refractivity contribution in [3.05, 3.63) is 77.6 Å². The Morgan fingerprint density at radius 2 is 1.65 bits per heavy atom. The summed E-state index contributed by atoms with van der Waals surface area (Å²) in [5.74, 6) is 0. The van der Waals surface area contributed by atoms with Gasteiger partial charge in [-0.2, -0.15) is 23.1 Å². The Kier molecular flexibility index (Phi) is 3.94. The molecule has 0 saturated heterocycles. The van der Waals surface area contributed by atoms with Crippen LogP contribution in [0.4, 0.5) is 0 Å². The van der Waals surface area contributed by atoms with Gasteiger partial charge >= 0.3 is 0 Å². The fraction of sp³-hybridized carbons (Fsp3) is 0. The maximum Gasteiger partial charge on any atom is 0.276 e. The first kappa shape index (κ1) is 15.0.